The Morgan fingerprint density at radius 2 is 1.89 bits per heavy atom. The molecule has 0 saturated heterocycles. The Labute approximate surface area is 122 Å². The normalized spacial score (nSPS) is 12.2. The lowest BCUT2D eigenvalue weighted by Crippen LogP contribution is -2.18. The van der Waals surface area contributed by atoms with Crippen molar-refractivity contribution < 1.29 is 4.43 Å². The van der Waals surface area contributed by atoms with Gasteiger partial charge in [0.2, 0.25) is 0 Å². The first-order chi connectivity index (χ1) is 8.36. The van der Waals surface area contributed by atoms with Gasteiger partial charge in [0.15, 0.2) is 9.04 Å². The maximum absolute atomic E-state index is 5.97. The van der Waals surface area contributed by atoms with Gasteiger partial charge in [-0.25, -0.2) is 0 Å². The highest BCUT2D eigenvalue weighted by molar-refractivity contribution is 9.09. The lowest BCUT2D eigenvalue weighted by atomic mass is 9.82. The largest absolute Gasteiger partial charge is 0.416 e. The molecule has 0 aliphatic heterocycles. The van der Waals surface area contributed by atoms with Crippen molar-refractivity contribution in [2.24, 2.45) is 0 Å². The van der Waals surface area contributed by atoms with Crippen molar-refractivity contribution in [1.29, 1.82) is 0 Å². The maximum atomic E-state index is 5.97. The summed E-state index contributed by atoms with van der Waals surface area (Å²) in [5, 5.41) is 1.01. The standard InChI is InChI=1S/C15H25BrOSi/c1-15(2,3)14-8-6-7-12(9-10-16)13(14)11-17-18(4)5/h6-8,18H,9-11H2,1-5H3. The van der Waals surface area contributed by atoms with Gasteiger partial charge in [0.05, 0.1) is 6.61 Å². The van der Waals surface area contributed by atoms with Gasteiger partial charge in [0.25, 0.3) is 0 Å². The minimum absolute atomic E-state index is 0.180. The molecule has 0 spiro atoms. The molecule has 0 fully saturated rings. The molecule has 0 N–H and O–H groups in total. The van der Waals surface area contributed by atoms with E-state index in [0.29, 0.717) is 0 Å². The topological polar surface area (TPSA) is 9.23 Å². The maximum Gasteiger partial charge on any atom is 0.171 e. The Kier molecular flexibility index (Phi) is 6.08. The van der Waals surface area contributed by atoms with Gasteiger partial charge in [-0.2, -0.15) is 0 Å². The molecule has 0 aliphatic carbocycles. The first-order valence-corrected chi connectivity index (χ1v) is 10.5. The molecule has 1 nitrogen and oxygen atoms in total. The predicted molar refractivity (Wildman–Crippen MR) is 86.3 cm³/mol. The summed E-state index contributed by atoms with van der Waals surface area (Å²) in [4.78, 5) is 0. The Bertz CT molecular complexity index is 383. The molecule has 0 amide bonds. The highest BCUT2D eigenvalue weighted by Gasteiger charge is 2.20. The fourth-order valence-electron chi connectivity index (χ4n) is 2.09. The molecule has 1 aromatic rings. The van der Waals surface area contributed by atoms with E-state index in [1.807, 2.05) is 0 Å². The van der Waals surface area contributed by atoms with Crippen LogP contribution in [0.15, 0.2) is 18.2 Å². The van der Waals surface area contributed by atoms with Gasteiger partial charge in [-0.15, -0.1) is 0 Å². The number of halogens is 1. The van der Waals surface area contributed by atoms with Crippen LogP contribution >= 0.6 is 15.9 Å². The number of rotatable bonds is 5. The highest BCUT2D eigenvalue weighted by Crippen LogP contribution is 2.29. The number of hydrogen-bond donors (Lipinski definition) is 0. The van der Waals surface area contributed by atoms with Gasteiger partial charge in [-0.1, -0.05) is 54.9 Å². The molecule has 0 radical (unpaired) electrons. The Hall–Kier alpha value is -0.123. The molecule has 1 aromatic carbocycles. The average molecular weight is 329 g/mol. The van der Waals surface area contributed by atoms with E-state index in [2.05, 4.69) is 68.0 Å². The average Bonchev–Trinajstić information content (AvgIpc) is 2.26. The summed E-state index contributed by atoms with van der Waals surface area (Å²) in [7, 11) is -0.967. The van der Waals surface area contributed by atoms with E-state index in [-0.39, 0.29) is 5.41 Å². The SMILES string of the molecule is C[SiH](C)OCc1c(CCBr)cccc1C(C)(C)C. The summed E-state index contributed by atoms with van der Waals surface area (Å²) in [6, 6.07) is 6.66. The third-order valence-electron chi connectivity index (χ3n) is 3.01. The van der Waals surface area contributed by atoms with Gasteiger partial charge >= 0.3 is 0 Å². The second-order valence-corrected chi connectivity index (χ2v) is 9.22. The first-order valence-electron chi connectivity index (χ1n) is 6.65. The third kappa shape index (κ3) is 4.52. The minimum Gasteiger partial charge on any atom is -0.416 e. The highest BCUT2D eigenvalue weighted by atomic mass is 79.9. The van der Waals surface area contributed by atoms with E-state index in [0.717, 1.165) is 18.4 Å². The van der Waals surface area contributed by atoms with E-state index >= 15 is 0 Å². The van der Waals surface area contributed by atoms with E-state index in [4.69, 9.17) is 4.43 Å². The fourth-order valence-corrected chi connectivity index (χ4v) is 3.02. The van der Waals surface area contributed by atoms with Crippen LogP contribution in [0.25, 0.3) is 0 Å². The van der Waals surface area contributed by atoms with Crippen molar-refractivity contribution in [2.75, 3.05) is 5.33 Å². The molecule has 0 aliphatic rings. The van der Waals surface area contributed by atoms with Crippen molar-refractivity contribution in [1.82, 2.24) is 0 Å². The van der Waals surface area contributed by atoms with Crippen LogP contribution < -0.4 is 0 Å². The zero-order valence-corrected chi connectivity index (χ0v) is 15.0. The third-order valence-corrected chi connectivity index (χ3v) is 4.24. The molecular weight excluding hydrogens is 304 g/mol. The molecule has 3 heteroatoms. The number of hydrogen-bond acceptors (Lipinski definition) is 1. The summed E-state index contributed by atoms with van der Waals surface area (Å²) in [6.07, 6.45) is 1.07. The summed E-state index contributed by atoms with van der Waals surface area (Å²) < 4.78 is 5.97. The molecule has 0 aromatic heterocycles. The summed E-state index contributed by atoms with van der Waals surface area (Å²) >= 11 is 3.54. The molecule has 0 bridgehead atoms. The fraction of sp³-hybridized carbons (Fsp3) is 0.600. The molecule has 0 saturated carbocycles. The van der Waals surface area contributed by atoms with Crippen molar-refractivity contribution in [2.45, 2.75) is 52.3 Å². The van der Waals surface area contributed by atoms with Crippen LogP contribution in [0.5, 0.6) is 0 Å². The van der Waals surface area contributed by atoms with Crippen molar-refractivity contribution in [3.63, 3.8) is 0 Å². The van der Waals surface area contributed by atoms with Crippen molar-refractivity contribution >= 4 is 25.0 Å². The summed E-state index contributed by atoms with van der Waals surface area (Å²) in [5.41, 5.74) is 4.44. The molecule has 102 valence electrons. The van der Waals surface area contributed by atoms with E-state index in [1.165, 1.54) is 16.7 Å². The molecule has 0 heterocycles. The number of benzene rings is 1. The van der Waals surface area contributed by atoms with Gasteiger partial charge in [0.1, 0.15) is 0 Å². The van der Waals surface area contributed by atoms with Crippen LogP contribution in [0.3, 0.4) is 0 Å². The zero-order valence-electron chi connectivity index (χ0n) is 12.2. The molecule has 0 unspecified atom stereocenters. The lowest BCUT2D eigenvalue weighted by molar-refractivity contribution is 0.309. The van der Waals surface area contributed by atoms with Crippen LogP contribution in [-0.2, 0) is 22.9 Å². The Balaban J connectivity index is 3.12. The van der Waals surface area contributed by atoms with Crippen molar-refractivity contribution in [3.05, 3.63) is 34.9 Å². The van der Waals surface area contributed by atoms with E-state index in [1.54, 1.807) is 0 Å². The summed E-state index contributed by atoms with van der Waals surface area (Å²) in [5.74, 6) is 0. The van der Waals surface area contributed by atoms with Gasteiger partial charge in [-0.05, 0) is 41.6 Å². The van der Waals surface area contributed by atoms with E-state index < -0.39 is 9.04 Å². The first kappa shape index (κ1) is 15.9. The second kappa shape index (κ2) is 6.87. The number of alkyl halides is 1. The number of aryl methyl sites for hydroxylation is 1. The predicted octanol–water partition coefficient (Wildman–Crippen LogP) is 4.42. The Morgan fingerprint density at radius 1 is 1.22 bits per heavy atom. The van der Waals surface area contributed by atoms with Crippen LogP contribution in [0.1, 0.15) is 37.5 Å². The van der Waals surface area contributed by atoms with Gasteiger partial charge in [0, 0.05) is 5.33 Å². The minimum atomic E-state index is -0.967. The molecular formula is C15H25BrOSi. The van der Waals surface area contributed by atoms with E-state index in [9.17, 15) is 0 Å². The van der Waals surface area contributed by atoms with Crippen LogP contribution in [0.4, 0.5) is 0 Å². The zero-order chi connectivity index (χ0) is 13.8. The Morgan fingerprint density at radius 3 is 2.39 bits per heavy atom. The second-order valence-electron chi connectivity index (χ2n) is 5.99. The van der Waals surface area contributed by atoms with Gasteiger partial charge < -0.3 is 4.43 Å². The molecule has 1 rings (SSSR count). The van der Waals surface area contributed by atoms with Crippen LogP contribution in [0.2, 0.25) is 13.1 Å². The smallest absolute Gasteiger partial charge is 0.171 e. The molecule has 18 heavy (non-hydrogen) atoms. The van der Waals surface area contributed by atoms with Gasteiger partial charge in [-0.3, -0.25) is 0 Å². The molecule has 0 atom stereocenters. The monoisotopic (exact) mass is 328 g/mol. The van der Waals surface area contributed by atoms with Crippen LogP contribution in [-0.4, -0.2) is 14.4 Å². The summed E-state index contributed by atoms with van der Waals surface area (Å²) in [6.45, 7) is 12.1. The van der Waals surface area contributed by atoms with Crippen molar-refractivity contribution in [3.8, 4) is 0 Å². The van der Waals surface area contributed by atoms with Crippen LogP contribution in [0, 0.1) is 0 Å². The lowest BCUT2D eigenvalue weighted by Gasteiger charge is -2.25. The quantitative estimate of drug-likeness (QED) is 0.574.